The molecule has 0 unspecified atom stereocenters. The maximum absolute atomic E-state index is 13.7. The van der Waals surface area contributed by atoms with Crippen molar-refractivity contribution < 1.29 is 33.5 Å². The maximum atomic E-state index is 13.7. The molecule has 0 radical (unpaired) electrons. The number of hydrogen-bond donors (Lipinski definition) is 0. The topological polar surface area (TPSA) is 125 Å². The third kappa shape index (κ3) is 5.65. The van der Waals surface area contributed by atoms with Crippen LogP contribution in [0.25, 0.3) is 11.6 Å². The van der Waals surface area contributed by atoms with Crippen molar-refractivity contribution in [3.8, 4) is 5.75 Å². The Hall–Kier alpha value is -3.94. The number of nitro benzene ring substituents is 1. The third-order valence-electron chi connectivity index (χ3n) is 6.34. The van der Waals surface area contributed by atoms with Crippen molar-refractivity contribution in [1.82, 2.24) is 0 Å². The fraction of sp³-hybridized carbons (Fsp3) is 0.214. The third-order valence-corrected chi connectivity index (χ3v) is 9.60. The van der Waals surface area contributed by atoms with Crippen molar-refractivity contribution in [3.05, 3.63) is 83.8 Å². The molecule has 2 heterocycles. The van der Waals surface area contributed by atoms with Crippen molar-refractivity contribution in [2.45, 2.75) is 19.4 Å². The SMILES string of the molecule is COC(=O)C1=C(C(=O)OC)SC(=C2C(=S)C(C)(C)N(C(=O)/C=C/c3ccc([N+](=O)[O-])cc3)c3ccc(OC)cc32)S1. The summed E-state index contributed by atoms with van der Waals surface area (Å²) >= 11 is 8.09. The number of ether oxygens (including phenoxy) is 3. The van der Waals surface area contributed by atoms with Crippen LogP contribution in [0.3, 0.4) is 0 Å². The first-order chi connectivity index (χ1) is 19.4. The monoisotopic (exact) mass is 612 g/mol. The quantitative estimate of drug-likeness (QED) is 0.135. The van der Waals surface area contributed by atoms with E-state index in [0.29, 0.717) is 37.2 Å². The Labute approximate surface area is 249 Å². The van der Waals surface area contributed by atoms with Crippen LogP contribution < -0.4 is 9.64 Å². The lowest BCUT2D eigenvalue weighted by Crippen LogP contribution is -2.55. The summed E-state index contributed by atoms with van der Waals surface area (Å²) in [4.78, 5) is 51.3. The van der Waals surface area contributed by atoms with E-state index in [1.165, 1.54) is 39.5 Å². The molecule has 4 rings (SSSR count). The van der Waals surface area contributed by atoms with Crippen molar-refractivity contribution in [3.63, 3.8) is 0 Å². The van der Waals surface area contributed by atoms with Gasteiger partial charge in [-0.2, -0.15) is 0 Å². The first kappa shape index (κ1) is 30.0. The number of thioether (sulfide) groups is 2. The van der Waals surface area contributed by atoms with Crippen LogP contribution in [-0.4, -0.2) is 54.5 Å². The normalized spacial score (nSPS) is 16.1. The molecule has 1 amide bonds. The van der Waals surface area contributed by atoms with Crippen molar-refractivity contribution in [2.75, 3.05) is 26.2 Å². The van der Waals surface area contributed by atoms with Gasteiger partial charge in [-0.25, -0.2) is 9.59 Å². The van der Waals surface area contributed by atoms with Crippen LogP contribution in [0.5, 0.6) is 5.75 Å². The lowest BCUT2D eigenvalue weighted by molar-refractivity contribution is -0.384. The van der Waals surface area contributed by atoms with Crippen molar-refractivity contribution in [2.24, 2.45) is 0 Å². The number of carbonyl (C=O) groups excluding carboxylic acids is 3. The summed E-state index contributed by atoms with van der Waals surface area (Å²) in [7, 11) is 3.96. The second kappa shape index (κ2) is 11.9. The van der Waals surface area contributed by atoms with E-state index in [2.05, 4.69) is 0 Å². The first-order valence-corrected chi connectivity index (χ1v) is 14.0. The number of nitro groups is 1. The Bertz CT molecular complexity index is 1550. The van der Waals surface area contributed by atoms with Gasteiger partial charge in [-0.05, 0) is 55.8 Å². The summed E-state index contributed by atoms with van der Waals surface area (Å²) in [6.07, 6.45) is 2.95. The number of nitrogens with zero attached hydrogens (tertiary/aromatic N) is 2. The van der Waals surface area contributed by atoms with Gasteiger partial charge in [0.2, 0.25) is 0 Å². The van der Waals surface area contributed by atoms with Crippen LogP contribution in [0.1, 0.15) is 25.0 Å². The molecular weight excluding hydrogens is 589 g/mol. The van der Waals surface area contributed by atoms with Gasteiger partial charge in [0, 0.05) is 29.3 Å². The highest BCUT2D eigenvalue weighted by Crippen LogP contribution is 2.56. The lowest BCUT2D eigenvalue weighted by Gasteiger charge is -2.45. The number of methoxy groups -OCH3 is 3. The summed E-state index contributed by atoms with van der Waals surface area (Å²) in [6.45, 7) is 3.61. The lowest BCUT2D eigenvalue weighted by atomic mass is 9.83. The predicted octanol–water partition coefficient (Wildman–Crippen LogP) is 5.52. The Morgan fingerprint density at radius 1 is 0.976 bits per heavy atom. The molecule has 2 aromatic rings. The smallest absolute Gasteiger partial charge is 0.346 e. The molecule has 0 saturated heterocycles. The Balaban J connectivity index is 1.82. The molecule has 0 saturated carbocycles. The summed E-state index contributed by atoms with van der Waals surface area (Å²) in [5.74, 6) is -1.22. The minimum absolute atomic E-state index is 0.0534. The van der Waals surface area contributed by atoms with Gasteiger partial charge in [0.1, 0.15) is 15.6 Å². The zero-order valence-electron chi connectivity index (χ0n) is 22.6. The molecule has 0 N–H and O–H groups in total. The predicted molar refractivity (Wildman–Crippen MR) is 162 cm³/mol. The second-order valence-electron chi connectivity index (χ2n) is 9.13. The van der Waals surface area contributed by atoms with E-state index in [1.807, 2.05) is 0 Å². The molecule has 0 aliphatic carbocycles. The average molecular weight is 613 g/mol. The van der Waals surface area contributed by atoms with Crippen LogP contribution >= 0.6 is 35.7 Å². The van der Waals surface area contributed by atoms with Crippen molar-refractivity contribution >= 4 is 81.5 Å². The van der Waals surface area contributed by atoms with Crippen LogP contribution in [0, 0.1) is 10.1 Å². The van der Waals surface area contributed by atoms with Crippen LogP contribution in [0.4, 0.5) is 11.4 Å². The highest BCUT2D eigenvalue weighted by molar-refractivity contribution is 8.29. The van der Waals surface area contributed by atoms with Crippen LogP contribution in [-0.2, 0) is 23.9 Å². The van der Waals surface area contributed by atoms with Gasteiger partial charge < -0.3 is 14.2 Å². The first-order valence-electron chi connectivity index (χ1n) is 11.9. The van der Waals surface area contributed by atoms with Gasteiger partial charge in [-0.3, -0.25) is 19.8 Å². The number of esters is 2. The number of non-ortho nitro benzene ring substituents is 1. The number of amides is 1. The van der Waals surface area contributed by atoms with E-state index in [-0.39, 0.29) is 21.4 Å². The number of hydrogen-bond acceptors (Lipinski definition) is 11. The summed E-state index contributed by atoms with van der Waals surface area (Å²) < 4.78 is 15.8. The van der Waals surface area contributed by atoms with Crippen LogP contribution in [0.15, 0.2) is 62.6 Å². The van der Waals surface area contributed by atoms with Gasteiger partial charge in [0.05, 0.1) is 46.6 Å². The van der Waals surface area contributed by atoms with E-state index in [4.69, 9.17) is 26.4 Å². The van der Waals surface area contributed by atoms with E-state index in [0.717, 1.165) is 23.5 Å². The van der Waals surface area contributed by atoms with Gasteiger partial charge >= 0.3 is 11.9 Å². The summed E-state index contributed by atoms with van der Waals surface area (Å²) in [5.41, 5.74) is 1.24. The van der Waals surface area contributed by atoms with Gasteiger partial charge in [-0.15, -0.1) is 0 Å². The van der Waals surface area contributed by atoms with Gasteiger partial charge in [-0.1, -0.05) is 35.7 Å². The number of thiocarbonyl (C=S) groups is 1. The Morgan fingerprint density at radius 2 is 1.56 bits per heavy atom. The summed E-state index contributed by atoms with van der Waals surface area (Å²) in [6, 6.07) is 11.0. The van der Waals surface area contributed by atoms with E-state index in [9.17, 15) is 24.5 Å². The molecule has 0 fully saturated rings. The minimum atomic E-state index is -1.02. The number of fused-ring (bicyclic) bond motifs is 1. The molecule has 0 bridgehead atoms. The Morgan fingerprint density at radius 3 is 2.07 bits per heavy atom. The largest absolute Gasteiger partial charge is 0.497 e. The molecule has 0 aromatic heterocycles. The molecule has 2 aliphatic rings. The van der Waals surface area contributed by atoms with Gasteiger partial charge in [0.15, 0.2) is 0 Å². The average Bonchev–Trinajstić information content (AvgIpc) is 3.40. The fourth-order valence-electron chi connectivity index (χ4n) is 4.27. The number of benzene rings is 2. The zero-order valence-corrected chi connectivity index (χ0v) is 25.0. The molecular formula is C28H24N2O8S3. The molecule has 10 nitrogen and oxygen atoms in total. The molecule has 2 aromatic carbocycles. The Kier molecular flexibility index (Phi) is 8.71. The van der Waals surface area contributed by atoms with E-state index < -0.39 is 22.4 Å². The maximum Gasteiger partial charge on any atom is 0.346 e. The second-order valence-corrected chi connectivity index (χ2v) is 11.8. The van der Waals surface area contributed by atoms with E-state index in [1.54, 1.807) is 55.2 Å². The minimum Gasteiger partial charge on any atom is -0.497 e. The number of rotatable bonds is 6. The fourth-order valence-corrected chi connectivity index (χ4v) is 7.30. The summed E-state index contributed by atoms with van der Waals surface area (Å²) in [5, 5.41) is 11.0. The number of carbonyl (C=O) groups is 3. The molecule has 212 valence electrons. The van der Waals surface area contributed by atoms with Crippen molar-refractivity contribution in [1.29, 1.82) is 0 Å². The molecule has 0 atom stereocenters. The van der Waals surface area contributed by atoms with Crippen LogP contribution in [0.2, 0.25) is 0 Å². The highest BCUT2D eigenvalue weighted by atomic mass is 32.2. The van der Waals surface area contributed by atoms with Gasteiger partial charge in [0.25, 0.3) is 11.6 Å². The molecule has 13 heteroatoms. The molecule has 0 spiro atoms. The highest BCUT2D eigenvalue weighted by Gasteiger charge is 2.45. The standard InChI is InChI=1S/C28H24N2O8S3/c1-28(2)24(39)21(27-40-22(25(32)37-4)23(41-27)26(33)38-5)18-14-17(36-3)11-12-19(18)29(28)20(31)13-8-15-6-9-16(10-7-15)30(34)35/h6-14H,1-5H3/b13-8+. The molecule has 2 aliphatic heterocycles. The number of anilines is 1. The molecule has 41 heavy (non-hydrogen) atoms. The zero-order chi connectivity index (χ0) is 30.1. The van der Waals surface area contributed by atoms with E-state index >= 15 is 0 Å².